The average molecular weight is 262 g/mol. The van der Waals surface area contributed by atoms with Crippen molar-refractivity contribution in [2.75, 3.05) is 25.6 Å². The Morgan fingerprint density at radius 1 is 1.31 bits per heavy atom. The van der Waals surface area contributed by atoms with Gasteiger partial charge < -0.3 is 10.1 Å². The molecule has 0 bridgehead atoms. The van der Waals surface area contributed by atoms with E-state index >= 15 is 0 Å². The fourth-order valence-corrected chi connectivity index (χ4v) is 1.63. The van der Waals surface area contributed by atoms with Crippen LogP contribution in [0.4, 0.5) is 13.2 Å². The largest absolute Gasteiger partial charge is 0.411 e. The molecule has 0 spiro atoms. The molecule has 0 amide bonds. The van der Waals surface area contributed by atoms with Crippen LogP contribution in [0, 0.1) is 0 Å². The van der Waals surface area contributed by atoms with E-state index in [9.17, 15) is 13.2 Å². The number of ether oxygens (including phenoxy) is 1. The Morgan fingerprint density at radius 3 is 2.38 bits per heavy atom. The molecule has 0 aromatic rings. The van der Waals surface area contributed by atoms with Crippen molar-refractivity contribution in [3.8, 4) is 0 Å². The molecule has 6 heteroatoms. The van der Waals surface area contributed by atoms with Crippen LogP contribution in [-0.2, 0) is 4.74 Å². The van der Waals surface area contributed by atoms with Crippen LogP contribution in [0.15, 0.2) is 0 Å². The topological polar surface area (TPSA) is 21.3 Å². The molecule has 0 aliphatic carbocycles. The third-order valence-electron chi connectivity index (χ3n) is 2.49. The molecule has 0 aliphatic rings. The van der Waals surface area contributed by atoms with Crippen LogP contribution >= 0.6 is 11.6 Å². The smallest absolute Gasteiger partial charge is 0.371 e. The highest BCUT2D eigenvalue weighted by Gasteiger charge is 2.27. The first kappa shape index (κ1) is 16.0. The number of rotatable bonds is 8. The van der Waals surface area contributed by atoms with Crippen LogP contribution < -0.4 is 5.32 Å². The van der Waals surface area contributed by atoms with Crippen molar-refractivity contribution in [1.82, 2.24) is 5.32 Å². The summed E-state index contributed by atoms with van der Waals surface area (Å²) in [5, 5.41) is 3.16. The molecule has 16 heavy (non-hydrogen) atoms. The number of halogens is 4. The van der Waals surface area contributed by atoms with Crippen LogP contribution in [0.3, 0.4) is 0 Å². The van der Waals surface area contributed by atoms with Crippen molar-refractivity contribution in [1.29, 1.82) is 0 Å². The maximum absolute atomic E-state index is 11.7. The van der Waals surface area contributed by atoms with E-state index in [2.05, 4.69) is 10.1 Å². The van der Waals surface area contributed by atoms with Crippen LogP contribution in [0.5, 0.6) is 0 Å². The molecule has 0 fully saturated rings. The van der Waals surface area contributed by atoms with E-state index in [-0.39, 0.29) is 12.1 Å². The van der Waals surface area contributed by atoms with Crippen LogP contribution in [0.2, 0.25) is 0 Å². The van der Waals surface area contributed by atoms with Crippen molar-refractivity contribution in [2.45, 2.75) is 38.4 Å². The zero-order valence-electron chi connectivity index (χ0n) is 9.66. The Balaban J connectivity index is 3.64. The third kappa shape index (κ3) is 8.19. The SMILES string of the molecule is CCC(C)(CCCl)NCCOCC(F)(F)F. The number of hydrogen-bond donors (Lipinski definition) is 1. The minimum absolute atomic E-state index is 0.0530. The molecular formula is C10H19ClF3NO. The van der Waals surface area contributed by atoms with Gasteiger partial charge in [0.2, 0.25) is 0 Å². The summed E-state index contributed by atoms with van der Waals surface area (Å²) in [7, 11) is 0. The lowest BCUT2D eigenvalue weighted by Gasteiger charge is -2.29. The maximum atomic E-state index is 11.7. The number of alkyl halides is 4. The van der Waals surface area contributed by atoms with E-state index in [0.717, 1.165) is 12.8 Å². The fourth-order valence-electron chi connectivity index (χ4n) is 1.21. The van der Waals surface area contributed by atoms with Crippen molar-refractivity contribution in [2.24, 2.45) is 0 Å². The van der Waals surface area contributed by atoms with Crippen LogP contribution in [-0.4, -0.2) is 37.4 Å². The predicted molar refractivity (Wildman–Crippen MR) is 58.9 cm³/mol. The first-order chi connectivity index (χ1) is 7.33. The predicted octanol–water partition coefficient (Wildman–Crippen LogP) is 2.95. The quantitative estimate of drug-likeness (QED) is 0.536. The van der Waals surface area contributed by atoms with Crippen LogP contribution in [0.25, 0.3) is 0 Å². The summed E-state index contributed by atoms with van der Waals surface area (Å²) in [6.07, 6.45) is -2.59. The molecule has 0 saturated heterocycles. The molecule has 0 saturated carbocycles. The van der Waals surface area contributed by atoms with Crippen molar-refractivity contribution in [3.63, 3.8) is 0 Å². The molecule has 98 valence electrons. The van der Waals surface area contributed by atoms with Gasteiger partial charge in [0, 0.05) is 18.0 Å². The Kier molecular flexibility index (Phi) is 7.35. The maximum Gasteiger partial charge on any atom is 0.411 e. The number of nitrogens with one attached hydrogen (secondary N) is 1. The van der Waals surface area contributed by atoms with Gasteiger partial charge in [0.1, 0.15) is 6.61 Å². The Labute approximate surface area is 99.5 Å². The van der Waals surface area contributed by atoms with Gasteiger partial charge in [-0.2, -0.15) is 13.2 Å². The minimum Gasteiger partial charge on any atom is -0.371 e. The van der Waals surface area contributed by atoms with E-state index < -0.39 is 12.8 Å². The van der Waals surface area contributed by atoms with Gasteiger partial charge >= 0.3 is 6.18 Å². The second-order valence-electron chi connectivity index (χ2n) is 3.95. The summed E-state index contributed by atoms with van der Waals surface area (Å²) in [5.74, 6) is 0.529. The summed E-state index contributed by atoms with van der Waals surface area (Å²) in [6.45, 7) is 3.27. The minimum atomic E-state index is -4.25. The molecular weight excluding hydrogens is 243 g/mol. The highest BCUT2D eigenvalue weighted by atomic mass is 35.5. The molecule has 1 atom stereocenters. The van der Waals surface area contributed by atoms with Gasteiger partial charge in [-0.1, -0.05) is 6.92 Å². The lowest BCUT2D eigenvalue weighted by Crippen LogP contribution is -2.44. The molecule has 0 aromatic heterocycles. The standard InChI is InChI=1S/C10H19ClF3NO/c1-3-9(2,4-5-11)15-6-7-16-8-10(12,13)14/h15H,3-8H2,1-2H3. The molecule has 0 aliphatic heterocycles. The third-order valence-corrected chi connectivity index (χ3v) is 2.68. The summed E-state index contributed by atoms with van der Waals surface area (Å²) in [6, 6.07) is 0. The van der Waals surface area contributed by atoms with Crippen molar-refractivity contribution in [3.05, 3.63) is 0 Å². The van der Waals surface area contributed by atoms with Gasteiger partial charge in [-0.25, -0.2) is 0 Å². The average Bonchev–Trinajstić information content (AvgIpc) is 2.16. The Hall–Kier alpha value is -0.0000000000000000555. The summed E-state index contributed by atoms with van der Waals surface area (Å²) >= 11 is 5.64. The molecule has 0 heterocycles. The first-order valence-electron chi connectivity index (χ1n) is 5.28. The van der Waals surface area contributed by atoms with E-state index in [1.54, 1.807) is 0 Å². The normalized spacial score (nSPS) is 16.1. The second kappa shape index (κ2) is 7.35. The highest BCUT2D eigenvalue weighted by Crippen LogP contribution is 2.15. The highest BCUT2D eigenvalue weighted by molar-refractivity contribution is 6.17. The molecule has 0 rings (SSSR count). The molecule has 1 unspecified atom stereocenters. The van der Waals surface area contributed by atoms with Crippen molar-refractivity contribution < 1.29 is 17.9 Å². The fraction of sp³-hybridized carbons (Fsp3) is 1.00. The van der Waals surface area contributed by atoms with Gasteiger partial charge in [-0.3, -0.25) is 0 Å². The summed E-state index contributed by atoms with van der Waals surface area (Å²) in [5.41, 5.74) is -0.122. The van der Waals surface area contributed by atoms with E-state index in [1.807, 2.05) is 13.8 Å². The lowest BCUT2D eigenvalue weighted by molar-refractivity contribution is -0.173. The zero-order valence-corrected chi connectivity index (χ0v) is 10.4. The second-order valence-corrected chi connectivity index (χ2v) is 4.33. The molecule has 0 radical (unpaired) electrons. The molecule has 0 aromatic carbocycles. The molecule has 1 N–H and O–H groups in total. The van der Waals surface area contributed by atoms with E-state index in [4.69, 9.17) is 11.6 Å². The molecule has 2 nitrogen and oxygen atoms in total. The van der Waals surface area contributed by atoms with Gasteiger partial charge in [0.05, 0.1) is 6.61 Å². The van der Waals surface area contributed by atoms with E-state index in [1.165, 1.54) is 0 Å². The van der Waals surface area contributed by atoms with E-state index in [0.29, 0.717) is 12.4 Å². The van der Waals surface area contributed by atoms with Gasteiger partial charge in [0.25, 0.3) is 0 Å². The van der Waals surface area contributed by atoms with Crippen LogP contribution in [0.1, 0.15) is 26.7 Å². The monoisotopic (exact) mass is 261 g/mol. The summed E-state index contributed by atoms with van der Waals surface area (Å²) in [4.78, 5) is 0. The zero-order chi connectivity index (χ0) is 12.7. The first-order valence-corrected chi connectivity index (χ1v) is 5.82. The van der Waals surface area contributed by atoms with Gasteiger partial charge in [0.15, 0.2) is 0 Å². The Bertz CT molecular complexity index is 189. The summed E-state index contributed by atoms with van der Waals surface area (Å²) < 4.78 is 39.7. The van der Waals surface area contributed by atoms with Crippen molar-refractivity contribution >= 4 is 11.6 Å². The van der Waals surface area contributed by atoms with Gasteiger partial charge in [-0.05, 0) is 19.8 Å². The Morgan fingerprint density at radius 2 is 1.94 bits per heavy atom. The lowest BCUT2D eigenvalue weighted by atomic mass is 9.95. The number of hydrogen-bond acceptors (Lipinski definition) is 2. The van der Waals surface area contributed by atoms with Gasteiger partial charge in [-0.15, -0.1) is 11.6 Å².